The number of aromatic nitrogens is 4. The van der Waals surface area contributed by atoms with E-state index in [1.165, 1.54) is 0 Å². The van der Waals surface area contributed by atoms with Crippen LogP contribution in [0.1, 0.15) is 34.0 Å². The molecule has 6 aromatic rings. The van der Waals surface area contributed by atoms with Crippen LogP contribution in [0.2, 0.25) is 0 Å². The molecule has 0 fully saturated rings. The molecule has 0 saturated heterocycles. The molecule has 0 aliphatic carbocycles. The van der Waals surface area contributed by atoms with Crippen LogP contribution in [0.3, 0.4) is 0 Å². The van der Waals surface area contributed by atoms with Gasteiger partial charge in [0, 0.05) is 23.3 Å². The van der Waals surface area contributed by atoms with Crippen molar-refractivity contribution in [3.63, 3.8) is 0 Å². The lowest BCUT2D eigenvalue weighted by molar-refractivity contribution is 0.414. The number of nitrogens with zero attached hydrogens (tertiary/aromatic N) is 4. The van der Waals surface area contributed by atoms with Crippen LogP contribution in [0.15, 0.2) is 97.3 Å². The molecule has 36 heavy (non-hydrogen) atoms. The monoisotopic (exact) mass is 470 g/mol. The van der Waals surface area contributed by atoms with Crippen LogP contribution in [0.25, 0.3) is 16.4 Å². The number of rotatable bonds is 4. The number of hydrogen-bond donors (Lipinski definition) is 0. The summed E-state index contributed by atoms with van der Waals surface area (Å²) >= 11 is 0. The fourth-order valence-electron chi connectivity index (χ4n) is 5.09. The second-order valence-corrected chi connectivity index (χ2v) is 8.94. The molecule has 0 saturated carbocycles. The van der Waals surface area contributed by atoms with Gasteiger partial charge in [0.15, 0.2) is 11.5 Å². The van der Waals surface area contributed by atoms with E-state index in [4.69, 9.17) is 24.5 Å². The largest absolute Gasteiger partial charge is 0.497 e. The van der Waals surface area contributed by atoms with Gasteiger partial charge in [-0.1, -0.05) is 78.9 Å². The Kier molecular flexibility index (Phi) is 4.70. The van der Waals surface area contributed by atoms with Crippen molar-refractivity contribution in [2.75, 3.05) is 7.11 Å². The molecule has 3 heterocycles. The molecule has 1 aliphatic heterocycles. The lowest BCUT2D eigenvalue weighted by Gasteiger charge is -2.28. The van der Waals surface area contributed by atoms with Crippen molar-refractivity contribution in [2.24, 2.45) is 0 Å². The molecule has 4 aromatic carbocycles. The van der Waals surface area contributed by atoms with Crippen LogP contribution in [0.5, 0.6) is 17.4 Å². The topological polar surface area (TPSA) is 61.5 Å². The van der Waals surface area contributed by atoms with E-state index in [-0.39, 0.29) is 5.92 Å². The Morgan fingerprint density at radius 1 is 0.889 bits per heavy atom. The highest BCUT2D eigenvalue weighted by Crippen LogP contribution is 2.50. The average molecular weight is 471 g/mol. The van der Waals surface area contributed by atoms with Gasteiger partial charge < -0.3 is 9.47 Å². The summed E-state index contributed by atoms with van der Waals surface area (Å²) in [6.45, 7) is 0. The number of methoxy groups -OCH3 is 1. The maximum absolute atomic E-state index is 6.51. The predicted molar refractivity (Wildman–Crippen MR) is 138 cm³/mol. The molecule has 0 N–H and O–H groups in total. The molecule has 2 aromatic heterocycles. The Hall–Kier alpha value is -4.71. The highest BCUT2D eigenvalue weighted by Gasteiger charge is 2.34. The molecule has 0 radical (unpaired) electrons. The lowest BCUT2D eigenvalue weighted by atomic mass is 9.83. The minimum atomic E-state index is -0.121. The second kappa shape index (κ2) is 8.20. The van der Waals surface area contributed by atoms with Crippen LogP contribution < -0.4 is 9.47 Å². The Labute approximate surface area is 207 Å². The maximum atomic E-state index is 6.51. The highest BCUT2D eigenvalue weighted by molar-refractivity contribution is 5.91. The summed E-state index contributed by atoms with van der Waals surface area (Å²) in [6, 6.07) is 31.0. The summed E-state index contributed by atoms with van der Waals surface area (Å²) in [5.74, 6) is 2.83. The zero-order valence-corrected chi connectivity index (χ0v) is 19.6. The summed E-state index contributed by atoms with van der Waals surface area (Å²) in [5.41, 5.74) is 5.02. The first-order valence-corrected chi connectivity index (χ1v) is 11.9. The van der Waals surface area contributed by atoms with Gasteiger partial charge >= 0.3 is 0 Å². The fraction of sp³-hybridized carbons (Fsp3) is 0.100. The van der Waals surface area contributed by atoms with Gasteiger partial charge in [-0.25, -0.2) is 14.5 Å². The first-order valence-electron chi connectivity index (χ1n) is 11.9. The fourth-order valence-corrected chi connectivity index (χ4v) is 5.09. The number of ether oxygens (including phenoxy) is 2. The van der Waals surface area contributed by atoms with E-state index < -0.39 is 0 Å². The van der Waals surface area contributed by atoms with Crippen molar-refractivity contribution >= 4 is 16.4 Å². The van der Waals surface area contributed by atoms with E-state index in [2.05, 4.69) is 48.5 Å². The summed E-state index contributed by atoms with van der Waals surface area (Å²) in [6.07, 6.45) is 2.34. The first-order chi connectivity index (χ1) is 17.8. The van der Waals surface area contributed by atoms with E-state index in [1.54, 1.807) is 18.0 Å². The molecule has 6 nitrogen and oxygen atoms in total. The molecule has 174 valence electrons. The van der Waals surface area contributed by atoms with Gasteiger partial charge in [-0.05, 0) is 28.6 Å². The molecule has 0 amide bonds. The molecule has 1 unspecified atom stereocenters. The first kappa shape index (κ1) is 20.6. The van der Waals surface area contributed by atoms with Crippen molar-refractivity contribution in [1.82, 2.24) is 19.6 Å². The van der Waals surface area contributed by atoms with Crippen molar-refractivity contribution in [3.8, 4) is 17.4 Å². The maximum Gasteiger partial charge on any atom is 0.228 e. The van der Waals surface area contributed by atoms with E-state index in [9.17, 15) is 0 Å². The summed E-state index contributed by atoms with van der Waals surface area (Å²) in [4.78, 5) is 9.67. The molecular weight excluding hydrogens is 448 g/mol. The van der Waals surface area contributed by atoms with E-state index in [0.29, 0.717) is 12.3 Å². The summed E-state index contributed by atoms with van der Waals surface area (Å²) < 4.78 is 13.7. The smallest absolute Gasteiger partial charge is 0.228 e. The van der Waals surface area contributed by atoms with Gasteiger partial charge in [-0.15, -0.1) is 5.10 Å². The molecule has 6 heteroatoms. The van der Waals surface area contributed by atoms with Gasteiger partial charge in [0.2, 0.25) is 5.88 Å². The normalized spacial score (nSPS) is 14.3. The molecule has 0 spiro atoms. The van der Waals surface area contributed by atoms with Crippen LogP contribution in [0.4, 0.5) is 0 Å². The van der Waals surface area contributed by atoms with Gasteiger partial charge in [0.05, 0.1) is 12.7 Å². The minimum Gasteiger partial charge on any atom is -0.497 e. The Bertz CT molecular complexity index is 1730. The second-order valence-electron chi connectivity index (χ2n) is 8.94. The van der Waals surface area contributed by atoms with Gasteiger partial charge in [0.1, 0.15) is 17.8 Å². The lowest BCUT2D eigenvalue weighted by Crippen LogP contribution is -2.15. The van der Waals surface area contributed by atoms with E-state index in [0.717, 1.165) is 56.0 Å². The van der Waals surface area contributed by atoms with Crippen molar-refractivity contribution in [3.05, 3.63) is 125 Å². The number of fused-ring (bicyclic) bond motifs is 6. The Morgan fingerprint density at radius 3 is 2.53 bits per heavy atom. The van der Waals surface area contributed by atoms with E-state index >= 15 is 0 Å². The zero-order valence-electron chi connectivity index (χ0n) is 19.6. The summed E-state index contributed by atoms with van der Waals surface area (Å²) in [7, 11) is 1.68. The molecular formula is C30H22N4O2. The van der Waals surface area contributed by atoms with Crippen molar-refractivity contribution in [1.29, 1.82) is 0 Å². The Morgan fingerprint density at radius 2 is 1.69 bits per heavy atom. The molecule has 1 atom stereocenters. The number of hydrogen-bond acceptors (Lipinski definition) is 5. The molecule has 1 aliphatic rings. The predicted octanol–water partition coefficient (Wildman–Crippen LogP) is 6.16. The minimum absolute atomic E-state index is 0.121. The zero-order chi connectivity index (χ0) is 24.1. The standard InChI is InChI=1S/C30H22N4O2/c1-35-22-14-11-21(12-15-22)26-24-16-13-20-9-5-6-10-23(20)28(24)36-30-27(26)29-32-25(33-34(29)18-31-30)17-19-7-3-2-4-8-19/h2-16,18,26H,17H2,1H3. The van der Waals surface area contributed by atoms with E-state index in [1.807, 2.05) is 42.5 Å². The SMILES string of the molecule is COc1ccc(C2c3ccc4ccccc4c3Oc3ncn4nc(Cc5ccccc5)nc4c32)cc1. The van der Waals surface area contributed by atoms with Crippen LogP contribution >= 0.6 is 0 Å². The van der Waals surface area contributed by atoms with Crippen LogP contribution in [0, 0.1) is 0 Å². The van der Waals surface area contributed by atoms with Crippen LogP contribution in [-0.4, -0.2) is 26.7 Å². The van der Waals surface area contributed by atoms with Gasteiger partial charge in [0.25, 0.3) is 0 Å². The van der Waals surface area contributed by atoms with Crippen molar-refractivity contribution in [2.45, 2.75) is 12.3 Å². The third kappa shape index (κ3) is 3.30. The molecule has 0 bridgehead atoms. The Balaban J connectivity index is 1.45. The van der Waals surface area contributed by atoms with Gasteiger partial charge in [-0.2, -0.15) is 0 Å². The van der Waals surface area contributed by atoms with Gasteiger partial charge in [-0.3, -0.25) is 0 Å². The highest BCUT2D eigenvalue weighted by atomic mass is 16.5. The number of benzene rings is 4. The molecule has 7 rings (SSSR count). The quantitative estimate of drug-likeness (QED) is 0.308. The average Bonchev–Trinajstić information content (AvgIpc) is 3.35. The van der Waals surface area contributed by atoms with Crippen molar-refractivity contribution < 1.29 is 9.47 Å². The van der Waals surface area contributed by atoms with Crippen LogP contribution in [-0.2, 0) is 6.42 Å². The third-order valence-electron chi connectivity index (χ3n) is 6.79. The summed E-state index contributed by atoms with van der Waals surface area (Å²) in [5, 5.41) is 6.93. The third-order valence-corrected chi connectivity index (χ3v) is 6.79.